The molecule has 2 aromatic carbocycles. The van der Waals surface area contributed by atoms with E-state index in [1.165, 1.54) is 11.8 Å². The number of anilines is 2. The summed E-state index contributed by atoms with van der Waals surface area (Å²) in [6.45, 7) is 6.26. The largest absolute Gasteiger partial charge is 0.494 e. The summed E-state index contributed by atoms with van der Waals surface area (Å²) in [5, 5.41) is 5.38. The second-order valence-electron chi connectivity index (χ2n) is 5.76. The Bertz CT molecular complexity index is 747. The fraction of sp³-hybridized carbons (Fsp3) is 0.300. The molecule has 138 valence electrons. The van der Waals surface area contributed by atoms with Crippen LogP contribution in [0.25, 0.3) is 0 Å². The molecule has 2 aromatic rings. The maximum atomic E-state index is 12.3. The highest BCUT2D eigenvalue weighted by atomic mass is 32.2. The summed E-state index contributed by atoms with van der Waals surface area (Å²) in [5.41, 5.74) is 2.51. The van der Waals surface area contributed by atoms with Gasteiger partial charge in [0.05, 0.1) is 17.6 Å². The van der Waals surface area contributed by atoms with Crippen LogP contribution in [0.1, 0.15) is 19.4 Å². The molecule has 0 aromatic heterocycles. The molecule has 0 fully saturated rings. The molecule has 6 heteroatoms. The van der Waals surface area contributed by atoms with E-state index in [9.17, 15) is 9.59 Å². The summed E-state index contributed by atoms with van der Waals surface area (Å²) in [4.78, 5) is 24.3. The summed E-state index contributed by atoms with van der Waals surface area (Å²) in [7, 11) is 0. The van der Waals surface area contributed by atoms with Crippen LogP contribution in [0.4, 0.5) is 11.4 Å². The van der Waals surface area contributed by atoms with Crippen LogP contribution in [-0.2, 0) is 9.59 Å². The van der Waals surface area contributed by atoms with Crippen molar-refractivity contribution in [1.29, 1.82) is 0 Å². The topological polar surface area (TPSA) is 67.4 Å². The molecule has 0 saturated carbocycles. The summed E-state index contributed by atoms with van der Waals surface area (Å²) in [6, 6.07) is 14.8. The van der Waals surface area contributed by atoms with Gasteiger partial charge in [0, 0.05) is 11.4 Å². The molecule has 2 amide bonds. The number of hydrogen-bond acceptors (Lipinski definition) is 4. The number of ether oxygens (including phenoxy) is 1. The van der Waals surface area contributed by atoms with Crippen molar-refractivity contribution >= 4 is 35.0 Å². The predicted octanol–water partition coefficient (Wildman–Crippen LogP) is 4.09. The first kappa shape index (κ1) is 19.8. The average Bonchev–Trinajstić information content (AvgIpc) is 2.63. The van der Waals surface area contributed by atoms with Gasteiger partial charge in [0.1, 0.15) is 5.75 Å². The van der Waals surface area contributed by atoms with Gasteiger partial charge in [-0.05, 0) is 56.7 Å². The van der Waals surface area contributed by atoms with E-state index in [0.717, 1.165) is 17.0 Å². The lowest BCUT2D eigenvalue weighted by Gasteiger charge is -2.13. The molecule has 2 N–H and O–H groups in total. The van der Waals surface area contributed by atoms with Crippen LogP contribution in [-0.4, -0.2) is 29.4 Å². The van der Waals surface area contributed by atoms with Gasteiger partial charge in [0.2, 0.25) is 11.8 Å². The van der Waals surface area contributed by atoms with E-state index in [2.05, 4.69) is 10.6 Å². The molecule has 0 aliphatic carbocycles. The van der Waals surface area contributed by atoms with Gasteiger partial charge < -0.3 is 15.4 Å². The molecule has 0 unspecified atom stereocenters. The van der Waals surface area contributed by atoms with Crippen molar-refractivity contribution in [2.45, 2.75) is 26.0 Å². The Morgan fingerprint density at radius 1 is 1.08 bits per heavy atom. The van der Waals surface area contributed by atoms with E-state index in [-0.39, 0.29) is 22.8 Å². The first-order valence-corrected chi connectivity index (χ1v) is 9.55. The van der Waals surface area contributed by atoms with E-state index in [1.54, 1.807) is 19.1 Å². The van der Waals surface area contributed by atoms with Crippen molar-refractivity contribution in [2.75, 3.05) is 23.0 Å². The molecular formula is C20H24N2O3S. The Hall–Kier alpha value is -2.47. The van der Waals surface area contributed by atoms with Crippen LogP contribution in [0.15, 0.2) is 48.5 Å². The molecule has 0 bridgehead atoms. The van der Waals surface area contributed by atoms with Gasteiger partial charge in [0.25, 0.3) is 0 Å². The predicted molar refractivity (Wildman–Crippen MR) is 108 cm³/mol. The molecule has 0 spiro atoms. The van der Waals surface area contributed by atoms with Crippen LogP contribution in [0.3, 0.4) is 0 Å². The third kappa shape index (κ3) is 6.11. The monoisotopic (exact) mass is 372 g/mol. The second-order valence-corrected chi connectivity index (χ2v) is 7.09. The highest BCUT2D eigenvalue weighted by Gasteiger charge is 2.16. The molecule has 0 aliphatic rings. The molecule has 0 radical (unpaired) electrons. The van der Waals surface area contributed by atoms with Crippen molar-refractivity contribution in [1.82, 2.24) is 0 Å². The second kappa shape index (κ2) is 9.87. The molecular weight excluding hydrogens is 348 g/mol. The minimum atomic E-state index is -0.333. The van der Waals surface area contributed by atoms with Gasteiger partial charge in [-0.3, -0.25) is 9.59 Å². The minimum Gasteiger partial charge on any atom is -0.494 e. The Balaban J connectivity index is 1.78. The fourth-order valence-electron chi connectivity index (χ4n) is 2.22. The molecule has 0 saturated heterocycles. The number of para-hydroxylation sites is 1. The van der Waals surface area contributed by atoms with Crippen LogP contribution in [0.2, 0.25) is 0 Å². The highest BCUT2D eigenvalue weighted by molar-refractivity contribution is 8.01. The van der Waals surface area contributed by atoms with Crippen LogP contribution in [0.5, 0.6) is 5.75 Å². The Morgan fingerprint density at radius 3 is 2.42 bits per heavy atom. The number of rotatable bonds is 8. The van der Waals surface area contributed by atoms with E-state index in [1.807, 2.05) is 50.2 Å². The van der Waals surface area contributed by atoms with Gasteiger partial charge in [0.15, 0.2) is 0 Å². The van der Waals surface area contributed by atoms with Crippen molar-refractivity contribution in [3.8, 4) is 5.75 Å². The maximum absolute atomic E-state index is 12.3. The smallest absolute Gasteiger partial charge is 0.237 e. The molecule has 2 rings (SSSR count). The lowest BCUT2D eigenvalue weighted by atomic mass is 10.2. The van der Waals surface area contributed by atoms with Crippen LogP contribution in [0, 0.1) is 6.92 Å². The van der Waals surface area contributed by atoms with E-state index in [4.69, 9.17) is 4.74 Å². The number of thioether (sulfide) groups is 1. The standard InChI is InChI=1S/C20H24N2O3S/c1-4-25-17-11-9-16(10-12-17)21-19(23)13-26-15(3)20(24)22-18-8-6-5-7-14(18)2/h5-12,15H,4,13H2,1-3H3,(H,21,23)(H,22,24)/t15-/m0/s1. The van der Waals surface area contributed by atoms with E-state index < -0.39 is 0 Å². The van der Waals surface area contributed by atoms with Gasteiger partial charge >= 0.3 is 0 Å². The van der Waals surface area contributed by atoms with Crippen molar-refractivity contribution in [2.24, 2.45) is 0 Å². The number of nitrogens with one attached hydrogen (secondary N) is 2. The van der Waals surface area contributed by atoms with E-state index >= 15 is 0 Å². The number of benzene rings is 2. The lowest BCUT2D eigenvalue weighted by molar-refractivity contribution is -0.115. The summed E-state index contributed by atoms with van der Waals surface area (Å²) in [6.07, 6.45) is 0. The first-order valence-electron chi connectivity index (χ1n) is 8.50. The lowest BCUT2D eigenvalue weighted by Crippen LogP contribution is -2.25. The van der Waals surface area contributed by atoms with Crippen molar-refractivity contribution in [3.63, 3.8) is 0 Å². The van der Waals surface area contributed by atoms with Gasteiger partial charge in [-0.1, -0.05) is 18.2 Å². The zero-order chi connectivity index (χ0) is 18.9. The number of carbonyl (C=O) groups excluding carboxylic acids is 2. The fourth-order valence-corrected chi connectivity index (χ4v) is 2.91. The average molecular weight is 372 g/mol. The number of amides is 2. The quantitative estimate of drug-likeness (QED) is 0.732. The van der Waals surface area contributed by atoms with Gasteiger partial charge in [-0.2, -0.15) is 0 Å². The van der Waals surface area contributed by atoms with Gasteiger partial charge in [-0.25, -0.2) is 0 Å². The Labute approximate surface area is 158 Å². The van der Waals surface area contributed by atoms with Crippen LogP contribution < -0.4 is 15.4 Å². The maximum Gasteiger partial charge on any atom is 0.237 e. The SMILES string of the molecule is CCOc1ccc(NC(=O)CS[C@@H](C)C(=O)Nc2ccccc2C)cc1. The minimum absolute atomic E-state index is 0.113. The summed E-state index contributed by atoms with van der Waals surface area (Å²) in [5.74, 6) is 0.712. The first-order chi connectivity index (χ1) is 12.5. The highest BCUT2D eigenvalue weighted by Crippen LogP contribution is 2.19. The Kier molecular flexibility index (Phi) is 7.53. The number of carbonyl (C=O) groups is 2. The number of hydrogen-bond donors (Lipinski definition) is 2. The van der Waals surface area contributed by atoms with Crippen molar-refractivity contribution < 1.29 is 14.3 Å². The van der Waals surface area contributed by atoms with E-state index in [0.29, 0.717) is 12.3 Å². The summed E-state index contributed by atoms with van der Waals surface area (Å²) >= 11 is 1.30. The normalized spacial score (nSPS) is 11.5. The molecule has 1 atom stereocenters. The molecule has 0 aliphatic heterocycles. The molecule has 5 nitrogen and oxygen atoms in total. The Morgan fingerprint density at radius 2 is 1.77 bits per heavy atom. The zero-order valence-corrected chi connectivity index (χ0v) is 16.1. The number of aryl methyl sites for hydroxylation is 1. The molecule has 0 heterocycles. The van der Waals surface area contributed by atoms with Crippen LogP contribution >= 0.6 is 11.8 Å². The summed E-state index contributed by atoms with van der Waals surface area (Å²) < 4.78 is 5.37. The third-order valence-corrected chi connectivity index (χ3v) is 4.83. The van der Waals surface area contributed by atoms with Gasteiger partial charge in [-0.15, -0.1) is 11.8 Å². The zero-order valence-electron chi connectivity index (χ0n) is 15.2. The molecule has 26 heavy (non-hydrogen) atoms. The third-order valence-electron chi connectivity index (χ3n) is 3.69. The van der Waals surface area contributed by atoms with Crippen molar-refractivity contribution in [3.05, 3.63) is 54.1 Å².